The Bertz CT molecular complexity index is 500. The molecule has 1 amide bonds. The number of hydrogen-bond donors (Lipinski definition) is 2. The standard InChI is InChI=1S/C15H19F3N2O2/c16-15(17,18)22-13-9-5-4-8-12(13)19-10-14(21)20-11-6-2-1-3-7-11/h4-5,8-9,11,19H,1-3,6-7,10H2,(H,20,21). The largest absolute Gasteiger partial charge is 0.573 e. The van der Waals surface area contributed by atoms with Crippen LogP contribution in [0.3, 0.4) is 0 Å². The lowest BCUT2D eigenvalue weighted by atomic mass is 9.95. The van der Waals surface area contributed by atoms with Crippen molar-refractivity contribution in [3.05, 3.63) is 24.3 Å². The third kappa shape index (κ3) is 5.46. The van der Waals surface area contributed by atoms with Crippen LogP contribution in [0.1, 0.15) is 32.1 Å². The summed E-state index contributed by atoms with van der Waals surface area (Å²) in [5, 5.41) is 5.58. The molecular formula is C15H19F3N2O2. The zero-order chi connectivity index (χ0) is 16.0. The van der Waals surface area contributed by atoms with E-state index in [1.165, 1.54) is 24.6 Å². The number of anilines is 1. The second kappa shape index (κ2) is 7.38. The van der Waals surface area contributed by atoms with Crippen LogP contribution in [0.25, 0.3) is 0 Å². The minimum absolute atomic E-state index is 0.0886. The Balaban J connectivity index is 1.86. The number of benzene rings is 1. The van der Waals surface area contributed by atoms with Gasteiger partial charge in [-0.2, -0.15) is 0 Å². The van der Waals surface area contributed by atoms with Crippen LogP contribution in [-0.2, 0) is 4.79 Å². The highest BCUT2D eigenvalue weighted by Gasteiger charge is 2.32. The molecule has 1 saturated carbocycles. The van der Waals surface area contributed by atoms with Gasteiger partial charge in [0.15, 0.2) is 5.75 Å². The van der Waals surface area contributed by atoms with E-state index < -0.39 is 6.36 Å². The Morgan fingerprint density at radius 1 is 1.18 bits per heavy atom. The predicted molar refractivity (Wildman–Crippen MR) is 76.6 cm³/mol. The molecule has 1 aromatic carbocycles. The van der Waals surface area contributed by atoms with Gasteiger partial charge in [0.1, 0.15) is 0 Å². The average molecular weight is 316 g/mol. The zero-order valence-electron chi connectivity index (χ0n) is 12.1. The average Bonchev–Trinajstić information content (AvgIpc) is 2.46. The molecule has 0 saturated heterocycles. The van der Waals surface area contributed by atoms with E-state index in [1.54, 1.807) is 6.07 Å². The summed E-state index contributed by atoms with van der Waals surface area (Å²) >= 11 is 0. The van der Waals surface area contributed by atoms with Gasteiger partial charge in [-0.05, 0) is 25.0 Å². The van der Waals surface area contributed by atoms with Crippen molar-refractivity contribution in [2.24, 2.45) is 0 Å². The lowest BCUT2D eigenvalue weighted by Gasteiger charge is -2.23. The maximum Gasteiger partial charge on any atom is 0.573 e. The Hall–Kier alpha value is -1.92. The first kappa shape index (κ1) is 16.5. The van der Waals surface area contributed by atoms with Crippen molar-refractivity contribution >= 4 is 11.6 Å². The summed E-state index contributed by atoms with van der Waals surface area (Å²) in [6.07, 6.45) is 0.537. The van der Waals surface area contributed by atoms with E-state index in [2.05, 4.69) is 15.4 Å². The summed E-state index contributed by atoms with van der Waals surface area (Å²) < 4.78 is 40.8. The monoisotopic (exact) mass is 316 g/mol. The van der Waals surface area contributed by atoms with E-state index in [0.717, 1.165) is 25.7 Å². The number of ether oxygens (including phenoxy) is 1. The summed E-state index contributed by atoms with van der Waals surface area (Å²) in [6.45, 7) is -0.0886. The minimum atomic E-state index is -4.76. The van der Waals surface area contributed by atoms with E-state index in [0.29, 0.717) is 0 Å². The quantitative estimate of drug-likeness (QED) is 0.875. The molecule has 1 aromatic rings. The molecule has 0 unspecified atom stereocenters. The van der Waals surface area contributed by atoms with E-state index in [9.17, 15) is 18.0 Å². The zero-order valence-corrected chi connectivity index (χ0v) is 12.1. The molecule has 1 fully saturated rings. The van der Waals surface area contributed by atoms with E-state index in [-0.39, 0.29) is 29.9 Å². The van der Waals surface area contributed by atoms with Gasteiger partial charge < -0.3 is 15.4 Å². The number of rotatable bonds is 5. The third-order valence-electron chi connectivity index (χ3n) is 3.52. The number of hydrogen-bond acceptors (Lipinski definition) is 3. The fraction of sp³-hybridized carbons (Fsp3) is 0.533. The van der Waals surface area contributed by atoms with Crippen molar-refractivity contribution in [2.75, 3.05) is 11.9 Å². The lowest BCUT2D eigenvalue weighted by Crippen LogP contribution is -2.39. The second-order valence-corrected chi connectivity index (χ2v) is 5.30. The fourth-order valence-corrected chi connectivity index (χ4v) is 2.53. The maximum absolute atomic E-state index is 12.3. The fourth-order valence-electron chi connectivity index (χ4n) is 2.53. The summed E-state index contributed by atoms with van der Waals surface area (Å²) in [4.78, 5) is 11.8. The highest BCUT2D eigenvalue weighted by molar-refractivity contribution is 5.81. The second-order valence-electron chi connectivity index (χ2n) is 5.30. The Labute approximate surface area is 127 Å². The lowest BCUT2D eigenvalue weighted by molar-refractivity contribution is -0.274. The number of halogens is 3. The van der Waals surface area contributed by atoms with Crippen LogP contribution >= 0.6 is 0 Å². The maximum atomic E-state index is 12.3. The smallest absolute Gasteiger partial charge is 0.404 e. The van der Waals surface area contributed by atoms with Crippen LogP contribution in [0.5, 0.6) is 5.75 Å². The molecular weight excluding hydrogens is 297 g/mol. The van der Waals surface area contributed by atoms with Gasteiger partial charge in [-0.25, -0.2) is 0 Å². The molecule has 2 N–H and O–H groups in total. The topological polar surface area (TPSA) is 50.4 Å². The highest BCUT2D eigenvalue weighted by atomic mass is 19.4. The SMILES string of the molecule is O=C(CNc1ccccc1OC(F)(F)F)NC1CCCCC1. The van der Waals surface area contributed by atoms with Gasteiger partial charge in [-0.1, -0.05) is 31.4 Å². The van der Waals surface area contributed by atoms with Crippen LogP contribution in [-0.4, -0.2) is 24.9 Å². The van der Waals surface area contributed by atoms with Crippen molar-refractivity contribution < 1.29 is 22.7 Å². The van der Waals surface area contributed by atoms with Crippen LogP contribution in [0, 0.1) is 0 Å². The molecule has 0 radical (unpaired) electrons. The van der Waals surface area contributed by atoms with Crippen molar-refractivity contribution in [3.8, 4) is 5.75 Å². The molecule has 2 rings (SSSR count). The molecule has 0 aromatic heterocycles. The molecule has 0 atom stereocenters. The first-order valence-corrected chi connectivity index (χ1v) is 7.32. The van der Waals surface area contributed by atoms with Crippen LogP contribution in [0.4, 0.5) is 18.9 Å². The van der Waals surface area contributed by atoms with Crippen molar-refractivity contribution in [1.29, 1.82) is 0 Å². The Morgan fingerprint density at radius 3 is 2.55 bits per heavy atom. The number of carbonyl (C=O) groups is 1. The molecule has 7 heteroatoms. The van der Waals surface area contributed by atoms with Gasteiger partial charge in [-0.15, -0.1) is 13.2 Å². The molecule has 0 bridgehead atoms. The van der Waals surface area contributed by atoms with Gasteiger partial charge in [-0.3, -0.25) is 4.79 Å². The third-order valence-corrected chi connectivity index (χ3v) is 3.52. The van der Waals surface area contributed by atoms with Crippen LogP contribution < -0.4 is 15.4 Å². The molecule has 0 spiro atoms. The normalized spacial score (nSPS) is 16.1. The van der Waals surface area contributed by atoms with Crippen LogP contribution in [0.2, 0.25) is 0 Å². The van der Waals surface area contributed by atoms with Gasteiger partial charge in [0.05, 0.1) is 12.2 Å². The Kier molecular flexibility index (Phi) is 5.51. The summed E-state index contributed by atoms with van der Waals surface area (Å²) in [5.41, 5.74) is 0.138. The van der Waals surface area contributed by atoms with Gasteiger partial charge >= 0.3 is 6.36 Å². The highest BCUT2D eigenvalue weighted by Crippen LogP contribution is 2.29. The van der Waals surface area contributed by atoms with Crippen LogP contribution in [0.15, 0.2) is 24.3 Å². The van der Waals surface area contributed by atoms with Gasteiger partial charge in [0, 0.05) is 6.04 Å². The Morgan fingerprint density at radius 2 is 1.86 bits per heavy atom. The number of amides is 1. The molecule has 1 aliphatic rings. The number of nitrogens with one attached hydrogen (secondary N) is 2. The summed E-state index contributed by atoms with van der Waals surface area (Å²) in [7, 11) is 0. The van der Waals surface area contributed by atoms with E-state index in [4.69, 9.17) is 0 Å². The molecule has 122 valence electrons. The van der Waals surface area contributed by atoms with Crippen molar-refractivity contribution in [1.82, 2.24) is 5.32 Å². The summed E-state index contributed by atoms with van der Waals surface area (Å²) in [5.74, 6) is -0.575. The van der Waals surface area contributed by atoms with E-state index in [1.807, 2.05) is 0 Å². The minimum Gasteiger partial charge on any atom is -0.404 e. The molecule has 22 heavy (non-hydrogen) atoms. The molecule has 4 nitrogen and oxygen atoms in total. The number of alkyl halides is 3. The molecule has 0 heterocycles. The predicted octanol–water partition coefficient (Wildman–Crippen LogP) is 3.45. The first-order chi connectivity index (χ1) is 10.4. The van der Waals surface area contributed by atoms with Crippen molar-refractivity contribution in [3.63, 3.8) is 0 Å². The molecule has 1 aliphatic carbocycles. The van der Waals surface area contributed by atoms with Gasteiger partial charge in [0.25, 0.3) is 0 Å². The van der Waals surface area contributed by atoms with Crippen molar-refractivity contribution in [2.45, 2.75) is 44.5 Å². The number of para-hydroxylation sites is 2. The summed E-state index contributed by atoms with van der Waals surface area (Å²) in [6, 6.07) is 5.83. The first-order valence-electron chi connectivity index (χ1n) is 7.32. The van der Waals surface area contributed by atoms with Gasteiger partial charge in [0.2, 0.25) is 5.91 Å². The number of carbonyl (C=O) groups excluding carboxylic acids is 1. The molecule has 0 aliphatic heterocycles. The van der Waals surface area contributed by atoms with E-state index >= 15 is 0 Å².